The molecule has 0 spiro atoms. The SMILES string of the molecule is CCCCCCCCCCCCS(=O)(=O)c1ccc(NC(=O)C(C(=O)c2cc(C)oc2C)N2C(=O)C(OCC)N(Cc3ccccc3)C2=O)c(Cl)c1. The van der Waals surface area contributed by atoms with Crippen LogP contribution in [-0.2, 0) is 30.7 Å². The summed E-state index contributed by atoms with van der Waals surface area (Å²) < 4.78 is 37.5. The Morgan fingerprint density at radius 2 is 1.54 bits per heavy atom. The Hall–Kier alpha value is -4.00. The molecular weight excluding hydrogens is 706 g/mol. The number of aryl methyl sites for hydroxylation is 2. The minimum atomic E-state index is -3.65. The van der Waals surface area contributed by atoms with E-state index in [0.29, 0.717) is 22.6 Å². The second kappa shape index (κ2) is 19.2. The van der Waals surface area contributed by atoms with Gasteiger partial charge in [-0.25, -0.2) is 18.1 Å². The van der Waals surface area contributed by atoms with Gasteiger partial charge in [-0.3, -0.25) is 19.3 Å². The van der Waals surface area contributed by atoms with Crippen LogP contribution in [0.1, 0.15) is 105 Å². The Kier molecular flexibility index (Phi) is 15.0. The van der Waals surface area contributed by atoms with Crippen molar-refractivity contribution in [3.05, 3.63) is 82.3 Å². The third-order valence-corrected chi connectivity index (χ3v) is 11.2. The Balaban J connectivity index is 1.51. The number of Topliss-reactive ketones (excluding diaryl/α,β-unsaturated/α-hetero) is 1. The van der Waals surface area contributed by atoms with Gasteiger partial charge in [-0.15, -0.1) is 0 Å². The van der Waals surface area contributed by atoms with Crippen LogP contribution in [0, 0.1) is 13.8 Å². The quantitative estimate of drug-likeness (QED) is 0.0496. The number of rotatable bonds is 21. The molecular formula is C39H50ClN3O8S. The van der Waals surface area contributed by atoms with Gasteiger partial charge >= 0.3 is 6.03 Å². The highest BCUT2D eigenvalue weighted by Gasteiger charge is 2.53. The zero-order chi connectivity index (χ0) is 37.8. The monoisotopic (exact) mass is 755 g/mol. The summed E-state index contributed by atoms with van der Waals surface area (Å²) in [4.78, 5) is 57.7. The van der Waals surface area contributed by atoms with Gasteiger partial charge in [-0.2, -0.15) is 0 Å². The molecule has 13 heteroatoms. The number of ether oxygens (including phenoxy) is 1. The van der Waals surface area contributed by atoms with E-state index in [2.05, 4.69) is 12.2 Å². The Morgan fingerprint density at radius 3 is 2.12 bits per heavy atom. The van der Waals surface area contributed by atoms with Gasteiger partial charge in [0.2, 0.25) is 6.23 Å². The third-order valence-electron chi connectivity index (χ3n) is 9.09. The van der Waals surface area contributed by atoms with Crippen molar-refractivity contribution in [2.45, 2.75) is 116 Å². The van der Waals surface area contributed by atoms with Crippen LogP contribution in [0.3, 0.4) is 0 Å². The molecule has 0 bridgehead atoms. The normalized spacial score (nSPS) is 15.4. The first-order chi connectivity index (χ1) is 24.9. The minimum Gasteiger partial charge on any atom is -0.466 e. The van der Waals surface area contributed by atoms with Crippen molar-refractivity contribution in [2.24, 2.45) is 0 Å². The van der Waals surface area contributed by atoms with E-state index in [-0.39, 0.29) is 45.8 Å². The fraction of sp³-hybridized carbons (Fsp3) is 0.487. The zero-order valence-electron chi connectivity index (χ0n) is 30.5. The standard InChI is InChI=1S/C39H50ClN3O8S/c1-5-7-8-9-10-11-12-13-14-18-23-52(48,49)30-21-22-33(32(40)25-30)41-36(45)34(35(44)31-24-27(3)51-28(31)4)43-37(46)38(50-6-2)42(39(43)47)26-29-19-16-15-17-20-29/h15-17,19-22,24-25,34,38H,5-14,18,23,26H2,1-4H3,(H,41,45). The van der Waals surface area contributed by atoms with Gasteiger partial charge in [-0.1, -0.05) is 107 Å². The number of furan rings is 1. The van der Waals surface area contributed by atoms with Gasteiger partial charge in [0.1, 0.15) is 11.5 Å². The largest absolute Gasteiger partial charge is 0.466 e. The van der Waals surface area contributed by atoms with E-state index in [1.54, 1.807) is 45.0 Å². The number of halogens is 1. The van der Waals surface area contributed by atoms with E-state index >= 15 is 0 Å². The van der Waals surface area contributed by atoms with Crippen LogP contribution in [0.2, 0.25) is 5.02 Å². The van der Waals surface area contributed by atoms with E-state index in [0.717, 1.165) is 25.7 Å². The molecule has 1 N–H and O–H groups in total. The highest BCUT2D eigenvalue weighted by Crippen LogP contribution is 2.30. The number of nitrogens with one attached hydrogen (secondary N) is 1. The lowest BCUT2D eigenvalue weighted by molar-refractivity contribution is -0.144. The van der Waals surface area contributed by atoms with Crippen LogP contribution in [0.5, 0.6) is 0 Å². The van der Waals surface area contributed by atoms with Crippen molar-refractivity contribution in [3.8, 4) is 0 Å². The van der Waals surface area contributed by atoms with Crippen molar-refractivity contribution in [1.29, 1.82) is 0 Å². The Morgan fingerprint density at radius 1 is 0.904 bits per heavy atom. The number of hydrogen-bond acceptors (Lipinski definition) is 8. The summed E-state index contributed by atoms with van der Waals surface area (Å²) in [5.74, 6) is -2.19. The Bertz CT molecular complexity index is 1810. The maximum atomic E-state index is 14.1. The lowest BCUT2D eigenvalue weighted by atomic mass is 10.0. The number of sulfone groups is 1. The van der Waals surface area contributed by atoms with Gasteiger partial charge in [-0.05, 0) is 57.0 Å². The molecule has 1 aromatic heterocycles. The first kappa shape index (κ1) is 40.8. The number of carbonyl (C=O) groups is 4. The maximum absolute atomic E-state index is 14.1. The lowest BCUT2D eigenvalue weighted by Crippen LogP contribution is -2.52. The van der Waals surface area contributed by atoms with Crippen molar-refractivity contribution in [2.75, 3.05) is 17.7 Å². The number of benzene rings is 2. The number of amides is 4. The van der Waals surface area contributed by atoms with Crippen LogP contribution in [-0.4, -0.2) is 66.5 Å². The number of ketones is 1. The molecule has 0 saturated carbocycles. The summed E-state index contributed by atoms with van der Waals surface area (Å²) in [6.45, 7) is 7.10. The molecule has 4 rings (SSSR count). The fourth-order valence-corrected chi connectivity index (χ4v) is 8.02. The van der Waals surface area contributed by atoms with E-state index in [9.17, 15) is 27.6 Å². The van der Waals surface area contributed by atoms with Gasteiger partial charge in [0.15, 0.2) is 21.7 Å². The summed E-state index contributed by atoms with van der Waals surface area (Å²) in [5.41, 5.74) is 0.732. The molecule has 4 amide bonds. The number of carbonyl (C=O) groups excluding carboxylic acids is 4. The minimum absolute atomic E-state index is 0.00374. The summed E-state index contributed by atoms with van der Waals surface area (Å²) in [7, 11) is -3.65. The lowest BCUT2D eigenvalue weighted by Gasteiger charge is -2.24. The second-order valence-electron chi connectivity index (χ2n) is 13.1. The van der Waals surface area contributed by atoms with Crippen LogP contribution in [0.15, 0.2) is 63.9 Å². The third kappa shape index (κ3) is 10.3. The number of imide groups is 1. The number of anilines is 1. The van der Waals surface area contributed by atoms with Crippen molar-refractivity contribution in [1.82, 2.24) is 9.80 Å². The molecule has 0 radical (unpaired) electrons. The summed E-state index contributed by atoms with van der Waals surface area (Å²) in [5, 5.41) is 2.47. The highest BCUT2D eigenvalue weighted by atomic mass is 35.5. The van der Waals surface area contributed by atoms with Crippen molar-refractivity contribution < 1.29 is 36.7 Å². The zero-order valence-corrected chi connectivity index (χ0v) is 32.1. The molecule has 282 valence electrons. The number of nitrogens with zero attached hydrogens (tertiary/aromatic N) is 2. The highest BCUT2D eigenvalue weighted by molar-refractivity contribution is 7.91. The van der Waals surface area contributed by atoms with Crippen LogP contribution in [0.25, 0.3) is 0 Å². The van der Waals surface area contributed by atoms with Crippen LogP contribution < -0.4 is 5.32 Å². The molecule has 11 nitrogen and oxygen atoms in total. The topological polar surface area (TPSA) is 143 Å². The summed E-state index contributed by atoms with van der Waals surface area (Å²) >= 11 is 6.51. The molecule has 1 fully saturated rings. The molecule has 1 aliphatic heterocycles. The predicted molar refractivity (Wildman–Crippen MR) is 200 cm³/mol. The fourth-order valence-electron chi connectivity index (χ4n) is 6.34. The van der Waals surface area contributed by atoms with E-state index < -0.39 is 45.7 Å². The van der Waals surface area contributed by atoms with Crippen molar-refractivity contribution in [3.63, 3.8) is 0 Å². The van der Waals surface area contributed by atoms with Crippen LogP contribution >= 0.6 is 11.6 Å². The molecule has 2 atom stereocenters. The van der Waals surface area contributed by atoms with E-state index in [1.807, 2.05) is 6.07 Å². The molecule has 3 aromatic rings. The molecule has 2 aromatic carbocycles. The van der Waals surface area contributed by atoms with Crippen molar-refractivity contribution >= 4 is 50.8 Å². The van der Waals surface area contributed by atoms with Gasteiger partial charge in [0, 0.05) is 6.61 Å². The predicted octanol–water partition coefficient (Wildman–Crippen LogP) is 8.26. The smallest absolute Gasteiger partial charge is 0.330 e. The van der Waals surface area contributed by atoms with Gasteiger partial charge < -0.3 is 14.5 Å². The van der Waals surface area contributed by atoms with E-state index in [4.69, 9.17) is 20.8 Å². The summed E-state index contributed by atoms with van der Waals surface area (Å²) in [6.07, 6.45) is 9.39. The molecule has 0 aliphatic carbocycles. The maximum Gasteiger partial charge on any atom is 0.330 e. The molecule has 2 heterocycles. The van der Waals surface area contributed by atoms with Crippen LogP contribution in [0.4, 0.5) is 10.5 Å². The van der Waals surface area contributed by atoms with Gasteiger partial charge in [0.05, 0.1) is 33.5 Å². The van der Waals surface area contributed by atoms with Gasteiger partial charge in [0.25, 0.3) is 11.8 Å². The molecule has 52 heavy (non-hydrogen) atoms. The number of urea groups is 1. The average molecular weight is 756 g/mol. The second-order valence-corrected chi connectivity index (χ2v) is 15.7. The molecule has 2 unspecified atom stereocenters. The average Bonchev–Trinajstić information content (AvgIpc) is 3.57. The number of unbranched alkanes of at least 4 members (excludes halogenated alkanes) is 9. The summed E-state index contributed by atoms with van der Waals surface area (Å²) in [6, 6.07) is 11.4. The Labute approximate surface area is 311 Å². The van der Waals surface area contributed by atoms with E-state index in [1.165, 1.54) is 61.3 Å². The number of hydrogen-bond donors (Lipinski definition) is 1. The first-order valence-corrected chi connectivity index (χ1v) is 20.2. The molecule has 1 aliphatic rings. The first-order valence-electron chi connectivity index (χ1n) is 18.1. The molecule has 1 saturated heterocycles.